The van der Waals surface area contributed by atoms with Gasteiger partial charge in [-0.1, -0.05) is 25.5 Å². The number of aromatic nitrogens is 1. The quantitative estimate of drug-likeness (QED) is 0.442. The first-order valence-electron chi connectivity index (χ1n) is 7.42. The zero-order valence-electron chi connectivity index (χ0n) is 13.0. The van der Waals surface area contributed by atoms with Gasteiger partial charge in [0.05, 0.1) is 24.9 Å². The van der Waals surface area contributed by atoms with Crippen LogP contribution in [0.4, 0.5) is 5.13 Å². The van der Waals surface area contributed by atoms with Crippen molar-refractivity contribution in [3.8, 4) is 5.75 Å². The summed E-state index contributed by atoms with van der Waals surface area (Å²) in [5.41, 5.74) is 9.50. The number of thiazole rings is 1. The van der Waals surface area contributed by atoms with Crippen molar-refractivity contribution in [2.45, 2.75) is 26.2 Å². The van der Waals surface area contributed by atoms with Gasteiger partial charge in [-0.25, -0.2) is 10.4 Å². The highest BCUT2D eigenvalue weighted by Gasteiger charge is 2.05. The monoisotopic (exact) mass is 332 g/mol. The number of nitrogen functional groups attached to an aromatic ring is 1. The molecule has 0 bridgehead atoms. The lowest BCUT2D eigenvalue weighted by Crippen LogP contribution is -2.19. The molecule has 122 valence electrons. The van der Waals surface area contributed by atoms with Crippen LogP contribution in [0.3, 0.4) is 0 Å². The molecule has 2 rings (SSSR count). The topological polar surface area (TPSA) is 89.6 Å². The summed E-state index contributed by atoms with van der Waals surface area (Å²) in [6.45, 7) is 2.82. The van der Waals surface area contributed by atoms with Gasteiger partial charge in [-0.2, -0.15) is 5.10 Å². The first-order chi connectivity index (χ1) is 11.2. The number of nitrogens with two attached hydrogens (primary N) is 1. The van der Waals surface area contributed by atoms with E-state index >= 15 is 0 Å². The highest BCUT2D eigenvalue weighted by atomic mass is 32.1. The average molecular weight is 332 g/mol. The minimum atomic E-state index is -0.234. The highest BCUT2D eigenvalue weighted by molar-refractivity contribution is 7.13. The molecule has 0 atom stereocenters. The largest absolute Gasteiger partial charge is 0.494 e. The normalized spacial score (nSPS) is 10.8. The van der Waals surface area contributed by atoms with Crippen molar-refractivity contribution in [3.63, 3.8) is 0 Å². The molecule has 0 fully saturated rings. The number of rotatable bonds is 8. The predicted octanol–water partition coefficient (Wildman–Crippen LogP) is 2.60. The smallest absolute Gasteiger partial charge is 0.246 e. The fourth-order valence-electron chi connectivity index (χ4n) is 1.81. The molecule has 0 saturated heterocycles. The first-order valence-corrected chi connectivity index (χ1v) is 8.30. The number of carbonyl (C=O) groups is 1. The number of benzene rings is 1. The SMILES string of the molecule is CCCCOc1cccc(/C=N/NC(=O)Cc2csc(N)n2)c1. The number of hydrazone groups is 1. The van der Waals surface area contributed by atoms with Crippen molar-refractivity contribution < 1.29 is 9.53 Å². The average Bonchev–Trinajstić information content (AvgIpc) is 2.93. The van der Waals surface area contributed by atoms with Gasteiger partial charge in [0.2, 0.25) is 5.91 Å². The van der Waals surface area contributed by atoms with E-state index in [0.29, 0.717) is 17.4 Å². The second kappa shape index (κ2) is 8.89. The molecule has 3 N–H and O–H groups in total. The zero-order chi connectivity index (χ0) is 16.5. The lowest BCUT2D eigenvalue weighted by molar-refractivity contribution is -0.120. The summed E-state index contributed by atoms with van der Waals surface area (Å²) in [6, 6.07) is 7.57. The van der Waals surface area contributed by atoms with Crippen molar-refractivity contribution in [2.75, 3.05) is 12.3 Å². The van der Waals surface area contributed by atoms with E-state index in [2.05, 4.69) is 22.4 Å². The van der Waals surface area contributed by atoms with Crippen LogP contribution in [0.5, 0.6) is 5.75 Å². The Morgan fingerprint density at radius 1 is 1.52 bits per heavy atom. The fourth-order valence-corrected chi connectivity index (χ4v) is 2.37. The lowest BCUT2D eigenvalue weighted by Gasteiger charge is -2.05. The molecular formula is C16H20N4O2S. The Labute approximate surface area is 139 Å². The van der Waals surface area contributed by atoms with E-state index in [1.54, 1.807) is 11.6 Å². The Morgan fingerprint density at radius 3 is 3.13 bits per heavy atom. The Morgan fingerprint density at radius 2 is 2.39 bits per heavy atom. The maximum absolute atomic E-state index is 11.7. The third-order valence-corrected chi connectivity index (χ3v) is 3.66. The molecule has 0 aliphatic heterocycles. The maximum Gasteiger partial charge on any atom is 0.246 e. The first kappa shape index (κ1) is 17.0. The Hall–Kier alpha value is -2.41. The van der Waals surface area contributed by atoms with Crippen LogP contribution in [0.2, 0.25) is 0 Å². The van der Waals surface area contributed by atoms with Crippen LogP contribution in [-0.4, -0.2) is 23.7 Å². The summed E-state index contributed by atoms with van der Waals surface area (Å²) in [7, 11) is 0. The summed E-state index contributed by atoms with van der Waals surface area (Å²) in [5, 5.41) is 6.16. The van der Waals surface area contributed by atoms with Gasteiger partial charge in [-0.05, 0) is 24.1 Å². The van der Waals surface area contributed by atoms with Crippen LogP contribution in [-0.2, 0) is 11.2 Å². The number of nitrogens with zero attached hydrogens (tertiary/aromatic N) is 2. The summed E-state index contributed by atoms with van der Waals surface area (Å²) in [5.74, 6) is 0.563. The Balaban J connectivity index is 1.82. The molecule has 23 heavy (non-hydrogen) atoms. The second-order valence-electron chi connectivity index (χ2n) is 4.92. The minimum Gasteiger partial charge on any atom is -0.494 e. The number of unbranched alkanes of at least 4 members (excludes halogenated alkanes) is 1. The van der Waals surface area contributed by atoms with Gasteiger partial charge in [0.1, 0.15) is 5.75 Å². The van der Waals surface area contributed by atoms with E-state index in [-0.39, 0.29) is 12.3 Å². The van der Waals surface area contributed by atoms with Crippen molar-refractivity contribution in [1.29, 1.82) is 0 Å². The molecule has 1 aromatic carbocycles. The molecule has 1 heterocycles. The van der Waals surface area contributed by atoms with Crippen LogP contribution in [0.1, 0.15) is 31.0 Å². The van der Waals surface area contributed by atoms with Crippen LogP contribution < -0.4 is 15.9 Å². The Kier molecular flexibility index (Phi) is 6.56. The Bertz CT molecular complexity index is 670. The van der Waals surface area contributed by atoms with E-state index < -0.39 is 0 Å². The van der Waals surface area contributed by atoms with E-state index in [1.165, 1.54) is 11.3 Å². The van der Waals surface area contributed by atoms with Crippen molar-refractivity contribution >= 4 is 28.6 Å². The predicted molar refractivity (Wildman–Crippen MR) is 92.8 cm³/mol. The van der Waals surface area contributed by atoms with E-state index in [4.69, 9.17) is 10.5 Å². The van der Waals surface area contributed by atoms with Gasteiger partial charge in [0.25, 0.3) is 0 Å². The number of anilines is 1. The van der Waals surface area contributed by atoms with Crippen LogP contribution in [0.15, 0.2) is 34.7 Å². The number of hydrogen-bond acceptors (Lipinski definition) is 6. The van der Waals surface area contributed by atoms with Crippen LogP contribution >= 0.6 is 11.3 Å². The van der Waals surface area contributed by atoms with Crippen molar-refractivity contribution in [2.24, 2.45) is 5.10 Å². The molecule has 0 spiro atoms. The molecule has 7 heteroatoms. The second-order valence-corrected chi connectivity index (χ2v) is 5.81. The molecule has 0 aliphatic carbocycles. The van der Waals surface area contributed by atoms with E-state index in [1.807, 2.05) is 24.3 Å². The molecule has 1 aromatic heterocycles. The lowest BCUT2D eigenvalue weighted by atomic mass is 10.2. The van der Waals surface area contributed by atoms with E-state index in [0.717, 1.165) is 24.2 Å². The minimum absolute atomic E-state index is 0.158. The molecule has 0 aliphatic rings. The number of ether oxygens (including phenoxy) is 1. The highest BCUT2D eigenvalue weighted by Crippen LogP contribution is 2.13. The number of carbonyl (C=O) groups excluding carboxylic acids is 1. The third kappa shape index (κ3) is 6.07. The van der Waals surface area contributed by atoms with Gasteiger partial charge in [0, 0.05) is 5.38 Å². The number of hydrogen-bond donors (Lipinski definition) is 2. The van der Waals surface area contributed by atoms with Gasteiger partial charge in [-0.15, -0.1) is 11.3 Å². The number of nitrogens with one attached hydrogen (secondary N) is 1. The molecule has 0 saturated carbocycles. The fraction of sp³-hybridized carbons (Fsp3) is 0.312. The molecule has 6 nitrogen and oxygen atoms in total. The maximum atomic E-state index is 11.7. The van der Waals surface area contributed by atoms with Gasteiger partial charge >= 0.3 is 0 Å². The molecule has 0 unspecified atom stereocenters. The molecular weight excluding hydrogens is 312 g/mol. The summed E-state index contributed by atoms with van der Waals surface area (Å²) in [4.78, 5) is 15.8. The van der Waals surface area contributed by atoms with Crippen molar-refractivity contribution in [3.05, 3.63) is 40.9 Å². The van der Waals surface area contributed by atoms with E-state index in [9.17, 15) is 4.79 Å². The van der Waals surface area contributed by atoms with Crippen LogP contribution in [0, 0.1) is 0 Å². The van der Waals surface area contributed by atoms with Crippen molar-refractivity contribution in [1.82, 2.24) is 10.4 Å². The molecule has 1 amide bonds. The summed E-state index contributed by atoms with van der Waals surface area (Å²) in [6.07, 6.45) is 3.86. The molecule has 2 aromatic rings. The summed E-state index contributed by atoms with van der Waals surface area (Å²) < 4.78 is 5.63. The standard InChI is InChI=1S/C16H20N4O2S/c1-2-3-7-22-14-6-4-5-12(8-14)10-18-20-15(21)9-13-11-23-16(17)19-13/h4-6,8,10-11H,2-3,7,9H2,1H3,(H2,17,19)(H,20,21)/b18-10+. The number of amides is 1. The van der Waals surface area contributed by atoms with Gasteiger partial charge < -0.3 is 10.5 Å². The van der Waals surface area contributed by atoms with Crippen LogP contribution in [0.25, 0.3) is 0 Å². The zero-order valence-corrected chi connectivity index (χ0v) is 13.8. The van der Waals surface area contributed by atoms with Gasteiger partial charge in [0.15, 0.2) is 5.13 Å². The summed E-state index contributed by atoms with van der Waals surface area (Å²) >= 11 is 1.31. The molecule has 0 radical (unpaired) electrons. The van der Waals surface area contributed by atoms with Gasteiger partial charge in [-0.3, -0.25) is 4.79 Å². The third-order valence-electron chi connectivity index (χ3n) is 2.94.